The summed E-state index contributed by atoms with van der Waals surface area (Å²) in [6, 6.07) is 8.15. The summed E-state index contributed by atoms with van der Waals surface area (Å²) in [5.41, 5.74) is 0.590. The van der Waals surface area contributed by atoms with Crippen LogP contribution < -0.4 is 10.1 Å². The topological polar surface area (TPSA) is 57.1 Å². The van der Waals surface area contributed by atoms with Crippen molar-refractivity contribution < 1.29 is 9.84 Å². The molecule has 0 unspecified atom stereocenters. The molecule has 1 aromatic rings. The van der Waals surface area contributed by atoms with Crippen molar-refractivity contribution in [3.63, 3.8) is 0 Å². The second-order valence-corrected chi connectivity index (χ2v) is 6.53. The third-order valence-electron chi connectivity index (χ3n) is 4.41. The molecule has 0 atom stereocenters. The van der Waals surface area contributed by atoms with Crippen LogP contribution in [0.3, 0.4) is 0 Å². The van der Waals surface area contributed by atoms with Crippen molar-refractivity contribution in [1.29, 1.82) is 0 Å². The summed E-state index contributed by atoms with van der Waals surface area (Å²) < 4.78 is 5.48. The highest BCUT2D eigenvalue weighted by Crippen LogP contribution is 2.29. The number of hydrogen-bond donors (Lipinski definition) is 2. The van der Waals surface area contributed by atoms with Crippen LogP contribution in [-0.2, 0) is 6.54 Å². The maximum Gasteiger partial charge on any atom is 0.194 e. The molecule has 0 bridgehead atoms. The van der Waals surface area contributed by atoms with E-state index in [0.29, 0.717) is 13.2 Å². The highest BCUT2D eigenvalue weighted by atomic mass is 16.5. The first-order valence-electron chi connectivity index (χ1n) is 9.00. The number of rotatable bonds is 7. The molecular weight excluding hydrogens is 302 g/mol. The summed E-state index contributed by atoms with van der Waals surface area (Å²) in [7, 11) is 2.02. The Labute approximate surface area is 145 Å². The summed E-state index contributed by atoms with van der Waals surface area (Å²) >= 11 is 0. The van der Waals surface area contributed by atoms with E-state index in [2.05, 4.69) is 34.3 Å². The maximum absolute atomic E-state index is 10.5. The van der Waals surface area contributed by atoms with E-state index in [1.54, 1.807) is 0 Å². The molecule has 0 amide bonds. The fraction of sp³-hybridized carbons (Fsp3) is 0.632. The number of nitrogens with one attached hydrogen (secondary N) is 1. The number of guanidine groups is 1. The standard InChI is InChI=1S/C19H31N3O2/c1-4-20-18(21-15-19(23)12-6-7-13-19)22(3)14-16-8-10-17(11-9-16)24-5-2/h8-11,23H,4-7,12-15H2,1-3H3,(H,20,21). The van der Waals surface area contributed by atoms with Gasteiger partial charge in [0, 0.05) is 20.1 Å². The molecule has 5 nitrogen and oxygen atoms in total. The van der Waals surface area contributed by atoms with Gasteiger partial charge in [-0.05, 0) is 44.4 Å². The largest absolute Gasteiger partial charge is 0.494 e. The minimum absolute atomic E-state index is 0.475. The molecule has 0 saturated heterocycles. The van der Waals surface area contributed by atoms with Gasteiger partial charge in [0.25, 0.3) is 0 Å². The van der Waals surface area contributed by atoms with Crippen molar-refractivity contribution in [1.82, 2.24) is 10.2 Å². The van der Waals surface area contributed by atoms with Gasteiger partial charge in [0.05, 0.1) is 18.8 Å². The molecule has 2 N–H and O–H groups in total. The van der Waals surface area contributed by atoms with E-state index in [1.807, 2.05) is 26.1 Å². The number of ether oxygens (including phenoxy) is 1. The van der Waals surface area contributed by atoms with Crippen LogP contribution in [0.25, 0.3) is 0 Å². The van der Waals surface area contributed by atoms with Crippen LogP contribution in [0.1, 0.15) is 45.1 Å². The Morgan fingerprint density at radius 2 is 1.92 bits per heavy atom. The lowest BCUT2D eigenvalue weighted by atomic mass is 10.0. The Bertz CT molecular complexity index is 522. The number of benzene rings is 1. The quantitative estimate of drug-likeness (QED) is 0.595. The summed E-state index contributed by atoms with van der Waals surface area (Å²) in [4.78, 5) is 6.76. The molecule has 0 aromatic heterocycles. The third-order valence-corrected chi connectivity index (χ3v) is 4.41. The first kappa shape index (κ1) is 18.6. The Kier molecular flexibility index (Phi) is 6.91. The van der Waals surface area contributed by atoms with Crippen molar-refractivity contribution in [3.8, 4) is 5.75 Å². The molecule has 0 radical (unpaired) electrons. The Morgan fingerprint density at radius 3 is 2.50 bits per heavy atom. The lowest BCUT2D eigenvalue weighted by Gasteiger charge is -2.25. The van der Waals surface area contributed by atoms with E-state index in [1.165, 1.54) is 5.56 Å². The molecule has 5 heteroatoms. The van der Waals surface area contributed by atoms with Gasteiger partial charge in [0.2, 0.25) is 0 Å². The van der Waals surface area contributed by atoms with E-state index in [-0.39, 0.29) is 0 Å². The Balaban J connectivity index is 1.98. The molecule has 1 saturated carbocycles. The molecule has 24 heavy (non-hydrogen) atoms. The van der Waals surface area contributed by atoms with Gasteiger partial charge in [0.1, 0.15) is 5.75 Å². The van der Waals surface area contributed by atoms with Crippen molar-refractivity contribution in [2.24, 2.45) is 4.99 Å². The van der Waals surface area contributed by atoms with Crippen LogP contribution in [0.4, 0.5) is 0 Å². The first-order valence-corrected chi connectivity index (χ1v) is 9.00. The highest BCUT2D eigenvalue weighted by molar-refractivity contribution is 5.79. The van der Waals surface area contributed by atoms with Crippen molar-refractivity contribution >= 4 is 5.96 Å². The van der Waals surface area contributed by atoms with E-state index in [0.717, 1.165) is 50.5 Å². The maximum atomic E-state index is 10.5. The number of aliphatic hydroxyl groups is 1. The van der Waals surface area contributed by atoms with E-state index in [4.69, 9.17) is 4.74 Å². The van der Waals surface area contributed by atoms with Gasteiger partial charge < -0.3 is 20.1 Å². The van der Waals surface area contributed by atoms with E-state index in [9.17, 15) is 5.11 Å². The zero-order chi connectivity index (χ0) is 17.4. The highest BCUT2D eigenvalue weighted by Gasteiger charge is 2.30. The zero-order valence-corrected chi connectivity index (χ0v) is 15.2. The summed E-state index contributed by atoms with van der Waals surface area (Å²) in [6.07, 6.45) is 3.92. The van der Waals surface area contributed by atoms with Gasteiger partial charge in [0.15, 0.2) is 5.96 Å². The van der Waals surface area contributed by atoms with Gasteiger partial charge in [-0.2, -0.15) is 0 Å². The van der Waals surface area contributed by atoms with Gasteiger partial charge in [-0.25, -0.2) is 0 Å². The van der Waals surface area contributed by atoms with Crippen LogP contribution in [0.2, 0.25) is 0 Å². The predicted octanol–water partition coefficient (Wildman–Crippen LogP) is 2.79. The second kappa shape index (κ2) is 8.92. The monoisotopic (exact) mass is 333 g/mol. The van der Waals surface area contributed by atoms with Gasteiger partial charge >= 0.3 is 0 Å². The average molecular weight is 333 g/mol. The molecule has 134 valence electrons. The molecule has 1 fully saturated rings. The fourth-order valence-corrected chi connectivity index (χ4v) is 3.09. The Hall–Kier alpha value is -1.75. The Morgan fingerprint density at radius 1 is 1.25 bits per heavy atom. The van der Waals surface area contributed by atoms with Gasteiger partial charge in [-0.15, -0.1) is 0 Å². The lowest BCUT2D eigenvalue weighted by Crippen LogP contribution is -2.40. The summed E-state index contributed by atoms with van der Waals surface area (Å²) in [5.74, 6) is 1.74. The second-order valence-electron chi connectivity index (χ2n) is 6.53. The fourth-order valence-electron chi connectivity index (χ4n) is 3.09. The van der Waals surface area contributed by atoms with E-state index >= 15 is 0 Å². The molecule has 2 rings (SSSR count). The molecule has 1 aliphatic carbocycles. The van der Waals surface area contributed by atoms with Gasteiger partial charge in [-0.3, -0.25) is 4.99 Å². The first-order chi connectivity index (χ1) is 11.6. The van der Waals surface area contributed by atoms with Crippen molar-refractivity contribution in [2.45, 2.75) is 51.7 Å². The van der Waals surface area contributed by atoms with Crippen molar-refractivity contribution in [2.75, 3.05) is 26.7 Å². The van der Waals surface area contributed by atoms with Crippen LogP contribution >= 0.6 is 0 Å². The van der Waals surface area contributed by atoms with Gasteiger partial charge in [-0.1, -0.05) is 25.0 Å². The van der Waals surface area contributed by atoms with Crippen LogP contribution in [-0.4, -0.2) is 48.3 Å². The third kappa shape index (κ3) is 5.41. The number of hydrogen-bond acceptors (Lipinski definition) is 3. The van der Waals surface area contributed by atoms with E-state index < -0.39 is 5.60 Å². The predicted molar refractivity (Wildman–Crippen MR) is 98.5 cm³/mol. The van der Waals surface area contributed by atoms with Crippen LogP contribution in [0.15, 0.2) is 29.3 Å². The minimum atomic E-state index is -0.610. The minimum Gasteiger partial charge on any atom is -0.494 e. The van der Waals surface area contributed by atoms with Crippen LogP contribution in [0.5, 0.6) is 5.75 Å². The molecule has 1 aromatic carbocycles. The van der Waals surface area contributed by atoms with Crippen molar-refractivity contribution in [3.05, 3.63) is 29.8 Å². The average Bonchev–Trinajstić information content (AvgIpc) is 3.00. The molecule has 1 aliphatic rings. The number of aliphatic imine (C=N–C) groups is 1. The molecular formula is C19H31N3O2. The summed E-state index contributed by atoms with van der Waals surface area (Å²) in [5, 5.41) is 13.8. The SMILES string of the molecule is CCNC(=NCC1(O)CCCC1)N(C)Cc1ccc(OCC)cc1. The molecule has 0 heterocycles. The number of nitrogens with zero attached hydrogens (tertiary/aromatic N) is 2. The summed E-state index contributed by atoms with van der Waals surface area (Å²) in [6.45, 7) is 6.77. The normalized spacial score (nSPS) is 16.9. The van der Waals surface area contributed by atoms with Crippen LogP contribution in [0, 0.1) is 0 Å². The smallest absolute Gasteiger partial charge is 0.194 e. The molecule has 0 aliphatic heterocycles. The lowest BCUT2D eigenvalue weighted by molar-refractivity contribution is 0.0572. The molecule has 0 spiro atoms. The zero-order valence-electron chi connectivity index (χ0n) is 15.2.